The van der Waals surface area contributed by atoms with Gasteiger partial charge in [0.25, 0.3) is 0 Å². The van der Waals surface area contributed by atoms with E-state index in [-0.39, 0.29) is 24.4 Å². The zero-order chi connectivity index (χ0) is 16.9. The van der Waals surface area contributed by atoms with Crippen LogP contribution in [0.5, 0.6) is 0 Å². The summed E-state index contributed by atoms with van der Waals surface area (Å²) in [5.74, 6) is 0.217. The Labute approximate surface area is 144 Å². The normalized spacial score (nSPS) is 23.2. The molecular weight excluding hydrogens is 302 g/mol. The molecule has 5 heteroatoms. The van der Waals surface area contributed by atoms with E-state index in [1.165, 1.54) is 5.56 Å². The summed E-state index contributed by atoms with van der Waals surface area (Å²) in [6.45, 7) is 3.26. The van der Waals surface area contributed by atoms with Crippen molar-refractivity contribution in [3.05, 3.63) is 35.9 Å². The zero-order valence-corrected chi connectivity index (χ0v) is 14.5. The number of likely N-dealkylation sites (tertiary alicyclic amines) is 1. The Morgan fingerprint density at radius 3 is 2.67 bits per heavy atom. The molecule has 2 fully saturated rings. The molecule has 2 saturated heterocycles. The molecule has 2 heterocycles. The van der Waals surface area contributed by atoms with Crippen molar-refractivity contribution in [3.8, 4) is 0 Å². The summed E-state index contributed by atoms with van der Waals surface area (Å²) in [4.78, 5) is 30.8. The van der Waals surface area contributed by atoms with Crippen LogP contribution in [0.1, 0.15) is 37.3 Å². The molecule has 0 unspecified atom stereocenters. The second-order valence-electron chi connectivity index (χ2n) is 6.87. The molecular formula is C19H27N3O2. The summed E-state index contributed by atoms with van der Waals surface area (Å²) in [7, 11) is 2.11. The van der Waals surface area contributed by atoms with Crippen LogP contribution in [0.4, 0.5) is 0 Å². The second-order valence-corrected chi connectivity index (χ2v) is 6.87. The highest BCUT2D eigenvalue weighted by atomic mass is 16.2. The maximum Gasteiger partial charge on any atom is 0.242 e. The highest BCUT2D eigenvalue weighted by molar-refractivity contribution is 5.85. The smallest absolute Gasteiger partial charge is 0.242 e. The number of nitrogens with zero attached hydrogens (tertiary/aromatic N) is 3. The molecule has 5 nitrogen and oxygen atoms in total. The lowest BCUT2D eigenvalue weighted by molar-refractivity contribution is -0.141. The van der Waals surface area contributed by atoms with Crippen molar-refractivity contribution in [2.24, 2.45) is 0 Å². The van der Waals surface area contributed by atoms with Crippen LogP contribution in [0.15, 0.2) is 30.3 Å². The van der Waals surface area contributed by atoms with Crippen molar-refractivity contribution in [1.82, 2.24) is 14.7 Å². The van der Waals surface area contributed by atoms with Crippen molar-refractivity contribution >= 4 is 11.8 Å². The predicted molar refractivity (Wildman–Crippen MR) is 93.4 cm³/mol. The summed E-state index contributed by atoms with van der Waals surface area (Å²) in [5.41, 5.74) is 1.24. The number of amides is 2. The van der Waals surface area contributed by atoms with Crippen LogP contribution in [0.25, 0.3) is 0 Å². The van der Waals surface area contributed by atoms with Crippen LogP contribution in [0.3, 0.4) is 0 Å². The molecule has 1 atom stereocenters. The minimum atomic E-state index is 0.0827. The molecule has 1 aromatic rings. The quantitative estimate of drug-likeness (QED) is 0.851. The molecule has 2 aliphatic rings. The minimum Gasteiger partial charge on any atom is -0.338 e. The maximum atomic E-state index is 12.7. The summed E-state index contributed by atoms with van der Waals surface area (Å²) in [6, 6.07) is 10.6. The summed E-state index contributed by atoms with van der Waals surface area (Å²) in [5, 5.41) is 0. The number of benzene rings is 1. The number of hydrogen-bond donors (Lipinski definition) is 0. The fraction of sp³-hybridized carbons (Fsp3) is 0.579. The van der Waals surface area contributed by atoms with Crippen LogP contribution in [-0.2, 0) is 9.59 Å². The highest BCUT2D eigenvalue weighted by Crippen LogP contribution is 2.24. The molecule has 0 spiro atoms. The Hall–Kier alpha value is -1.88. The van der Waals surface area contributed by atoms with Gasteiger partial charge in [0.05, 0.1) is 12.6 Å². The van der Waals surface area contributed by atoms with E-state index in [9.17, 15) is 9.59 Å². The maximum absolute atomic E-state index is 12.7. The van der Waals surface area contributed by atoms with Crippen LogP contribution in [-0.4, -0.2) is 66.3 Å². The van der Waals surface area contributed by atoms with E-state index in [0.29, 0.717) is 13.0 Å². The van der Waals surface area contributed by atoms with Gasteiger partial charge >= 0.3 is 0 Å². The van der Waals surface area contributed by atoms with Gasteiger partial charge in [-0.3, -0.25) is 14.5 Å². The topological polar surface area (TPSA) is 43.9 Å². The second kappa shape index (κ2) is 7.79. The van der Waals surface area contributed by atoms with Crippen LogP contribution in [0.2, 0.25) is 0 Å². The van der Waals surface area contributed by atoms with E-state index in [4.69, 9.17) is 0 Å². The first-order valence-electron chi connectivity index (χ1n) is 8.96. The fourth-order valence-electron chi connectivity index (χ4n) is 3.60. The van der Waals surface area contributed by atoms with Gasteiger partial charge in [-0.05, 0) is 25.5 Å². The molecule has 2 aliphatic heterocycles. The summed E-state index contributed by atoms with van der Waals surface area (Å²) >= 11 is 0. The predicted octanol–water partition coefficient (Wildman–Crippen LogP) is 1.90. The van der Waals surface area contributed by atoms with Gasteiger partial charge in [-0.2, -0.15) is 0 Å². The first-order valence-corrected chi connectivity index (χ1v) is 8.96. The standard InChI is InChI=1S/C19H27N3O2/c1-20-12-13-22(14-17(20)16-8-4-2-5-9-16)19(24)15-21-11-7-3-6-10-18(21)23/h2,4-5,8-9,17H,3,6-7,10-15H2,1H3/t17-/m1/s1. The van der Waals surface area contributed by atoms with Gasteiger partial charge in [-0.15, -0.1) is 0 Å². The van der Waals surface area contributed by atoms with Crippen LogP contribution >= 0.6 is 0 Å². The summed E-state index contributed by atoms with van der Waals surface area (Å²) < 4.78 is 0. The fourth-order valence-corrected chi connectivity index (χ4v) is 3.60. The number of hydrogen-bond acceptors (Lipinski definition) is 3. The third kappa shape index (κ3) is 3.96. The molecule has 24 heavy (non-hydrogen) atoms. The average Bonchev–Trinajstić information content (AvgIpc) is 2.80. The first kappa shape index (κ1) is 17.0. The first-order chi connectivity index (χ1) is 11.6. The van der Waals surface area contributed by atoms with Gasteiger partial charge in [0.15, 0.2) is 0 Å². The molecule has 0 radical (unpaired) electrons. The van der Waals surface area contributed by atoms with Gasteiger partial charge in [0, 0.05) is 32.6 Å². The van der Waals surface area contributed by atoms with E-state index < -0.39 is 0 Å². The largest absolute Gasteiger partial charge is 0.338 e. The van der Waals surface area contributed by atoms with E-state index in [0.717, 1.165) is 38.9 Å². The third-order valence-electron chi connectivity index (χ3n) is 5.18. The number of carbonyl (C=O) groups excluding carboxylic acids is 2. The van der Waals surface area contributed by atoms with Gasteiger partial charge in [0.2, 0.25) is 11.8 Å². The third-order valence-corrected chi connectivity index (χ3v) is 5.18. The Morgan fingerprint density at radius 2 is 1.88 bits per heavy atom. The molecule has 0 aromatic heterocycles. The molecule has 0 bridgehead atoms. The molecule has 0 N–H and O–H groups in total. The molecule has 0 aliphatic carbocycles. The van der Waals surface area contributed by atoms with Crippen molar-refractivity contribution in [3.63, 3.8) is 0 Å². The number of likely N-dealkylation sites (N-methyl/N-ethyl adjacent to an activating group) is 1. The molecule has 2 amide bonds. The van der Waals surface area contributed by atoms with Gasteiger partial charge < -0.3 is 9.80 Å². The Morgan fingerprint density at radius 1 is 1.08 bits per heavy atom. The van der Waals surface area contributed by atoms with Crippen molar-refractivity contribution < 1.29 is 9.59 Å². The van der Waals surface area contributed by atoms with Crippen LogP contribution in [0, 0.1) is 0 Å². The molecule has 1 aromatic carbocycles. The Bertz CT molecular complexity index is 575. The Kier molecular flexibility index (Phi) is 5.51. The van der Waals surface area contributed by atoms with Crippen molar-refractivity contribution in [1.29, 1.82) is 0 Å². The summed E-state index contributed by atoms with van der Waals surface area (Å²) in [6.07, 6.45) is 3.63. The SMILES string of the molecule is CN1CCN(C(=O)CN2CCCCCC2=O)C[C@@H]1c1ccccc1. The van der Waals surface area contributed by atoms with Crippen molar-refractivity contribution in [2.45, 2.75) is 31.7 Å². The van der Waals surface area contributed by atoms with E-state index in [2.05, 4.69) is 24.1 Å². The number of rotatable bonds is 3. The Balaban J connectivity index is 1.63. The van der Waals surface area contributed by atoms with Gasteiger partial charge in [0.1, 0.15) is 0 Å². The number of piperazine rings is 1. The minimum absolute atomic E-state index is 0.0827. The lowest BCUT2D eigenvalue weighted by atomic mass is 10.0. The molecule has 130 valence electrons. The lowest BCUT2D eigenvalue weighted by Crippen LogP contribution is -2.52. The average molecular weight is 329 g/mol. The molecule has 0 saturated carbocycles. The van der Waals surface area contributed by atoms with Gasteiger partial charge in [-0.25, -0.2) is 0 Å². The highest BCUT2D eigenvalue weighted by Gasteiger charge is 2.30. The molecule has 3 rings (SSSR count). The number of carbonyl (C=O) groups is 2. The monoisotopic (exact) mass is 329 g/mol. The van der Waals surface area contributed by atoms with E-state index >= 15 is 0 Å². The van der Waals surface area contributed by atoms with E-state index in [1.807, 2.05) is 23.1 Å². The van der Waals surface area contributed by atoms with E-state index in [1.54, 1.807) is 4.90 Å². The van der Waals surface area contributed by atoms with Crippen molar-refractivity contribution in [2.75, 3.05) is 39.8 Å². The lowest BCUT2D eigenvalue weighted by Gasteiger charge is -2.40. The van der Waals surface area contributed by atoms with Gasteiger partial charge in [-0.1, -0.05) is 36.8 Å². The zero-order valence-electron chi connectivity index (χ0n) is 14.5. The van der Waals surface area contributed by atoms with Crippen LogP contribution < -0.4 is 0 Å².